The highest BCUT2D eigenvalue weighted by atomic mass is 15.4. The second kappa shape index (κ2) is 4.31. The molecule has 3 rings (SSSR count). The number of nitrogens with two attached hydrogens (primary N) is 1. The van der Waals surface area contributed by atoms with Gasteiger partial charge in [0.25, 0.3) is 0 Å². The SMILES string of the molecule is CN1CCCC(n2nc(N)c3c2CNCC3)C1. The van der Waals surface area contributed by atoms with E-state index in [0.717, 1.165) is 31.9 Å². The van der Waals surface area contributed by atoms with Gasteiger partial charge in [0.2, 0.25) is 0 Å². The zero-order chi connectivity index (χ0) is 11.8. The molecular weight excluding hydrogens is 214 g/mol. The summed E-state index contributed by atoms with van der Waals surface area (Å²) in [5.41, 5.74) is 8.62. The van der Waals surface area contributed by atoms with Crippen molar-refractivity contribution in [3.05, 3.63) is 11.3 Å². The van der Waals surface area contributed by atoms with E-state index in [1.807, 2.05) is 0 Å². The standard InChI is InChI=1S/C12H21N5/c1-16-6-2-3-9(8-16)17-11-7-14-5-4-10(11)12(13)15-17/h9,14H,2-8H2,1H3,(H2,13,15). The predicted octanol–water partition coefficient (Wildman–Crippen LogP) is 0.378. The molecule has 0 radical (unpaired) electrons. The molecule has 2 aliphatic rings. The Bertz CT molecular complexity index is 411. The molecule has 5 heteroatoms. The van der Waals surface area contributed by atoms with Crippen LogP contribution >= 0.6 is 0 Å². The van der Waals surface area contributed by atoms with E-state index in [4.69, 9.17) is 5.73 Å². The van der Waals surface area contributed by atoms with Crippen LogP contribution in [0.15, 0.2) is 0 Å². The first kappa shape index (κ1) is 11.0. The smallest absolute Gasteiger partial charge is 0.149 e. The average molecular weight is 235 g/mol. The maximum absolute atomic E-state index is 6.03. The van der Waals surface area contributed by atoms with Gasteiger partial charge >= 0.3 is 0 Å². The van der Waals surface area contributed by atoms with Crippen molar-refractivity contribution < 1.29 is 0 Å². The molecule has 1 aromatic rings. The minimum atomic E-state index is 0.500. The summed E-state index contributed by atoms with van der Waals surface area (Å²) >= 11 is 0. The van der Waals surface area contributed by atoms with Gasteiger partial charge in [-0.15, -0.1) is 0 Å². The molecule has 17 heavy (non-hydrogen) atoms. The van der Waals surface area contributed by atoms with Crippen molar-refractivity contribution in [2.24, 2.45) is 0 Å². The number of nitrogens with zero attached hydrogens (tertiary/aromatic N) is 3. The highest BCUT2D eigenvalue weighted by molar-refractivity contribution is 5.44. The third kappa shape index (κ3) is 1.93. The summed E-state index contributed by atoms with van der Waals surface area (Å²) in [5, 5.41) is 7.99. The first-order valence-electron chi connectivity index (χ1n) is 6.50. The minimum absolute atomic E-state index is 0.500. The van der Waals surface area contributed by atoms with Crippen LogP contribution in [0.4, 0.5) is 5.82 Å². The van der Waals surface area contributed by atoms with E-state index in [1.54, 1.807) is 0 Å². The molecule has 1 aromatic heterocycles. The number of piperidine rings is 1. The first-order chi connectivity index (χ1) is 8.25. The molecule has 0 spiro atoms. The van der Waals surface area contributed by atoms with Gasteiger partial charge in [0.1, 0.15) is 5.82 Å². The number of fused-ring (bicyclic) bond motifs is 1. The maximum atomic E-state index is 6.03. The van der Waals surface area contributed by atoms with Crippen LogP contribution in [0.5, 0.6) is 0 Å². The quantitative estimate of drug-likeness (QED) is 0.739. The van der Waals surface area contributed by atoms with Crippen molar-refractivity contribution in [1.82, 2.24) is 20.0 Å². The normalized spacial score (nSPS) is 25.8. The molecule has 1 fully saturated rings. The van der Waals surface area contributed by atoms with E-state index in [1.165, 1.54) is 30.6 Å². The van der Waals surface area contributed by atoms with Crippen molar-refractivity contribution in [2.45, 2.75) is 31.8 Å². The first-order valence-corrected chi connectivity index (χ1v) is 6.50. The lowest BCUT2D eigenvalue weighted by Gasteiger charge is -2.31. The van der Waals surface area contributed by atoms with Gasteiger partial charge in [-0.25, -0.2) is 0 Å². The highest BCUT2D eigenvalue weighted by Crippen LogP contribution is 2.27. The Morgan fingerprint density at radius 3 is 3.18 bits per heavy atom. The molecule has 0 amide bonds. The van der Waals surface area contributed by atoms with Crippen LogP contribution in [-0.2, 0) is 13.0 Å². The second-order valence-corrected chi connectivity index (χ2v) is 5.24. The van der Waals surface area contributed by atoms with Crippen LogP contribution < -0.4 is 11.1 Å². The lowest BCUT2D eigenvalue weighted by molar-refractivity contribution is 0.199. The monoisotopic (exact) mass is 235 g/mol. The summed E-state index contributed by atoms with van der Waals surface area (Å²) in [6.07, 6.45) is 3.49. The molecule has 3 heterocycles. The van der Waals surface area contributed by atoms with Crippen LogP contribution in [-0.4, -0.2) is 41.4 Å². The van der Waals surface area contributed by atoms with Crippen molar-refractivity contribution in [1.29, 1.82) is 0 Å². The third-order valence-electron chi connectivity index (χ3n) is 3.94. The van der Waals surface area contributed by atoms with Crippen LogP contribution in [0.3, 0.4) is 0 Å². The molecule has 1 atom stereocenters. The molecule has 3 N–H and O–H groups in total. The van der Waals surface area contributed by atoms with Crippen LogP contribution in [0.25, 0.3) is 0 Å². The van der Waals surface area contributed by atoms with Crippen LogP contribution in [0, 0.1) is 0 Å². The van der Waals surface area contributed by atoms with Crippen molar-refractivity contribution in [3.8, 4) is 0 Å². The minimum Gasteiger partial charge on any atom is -0.382 e. The van der Waals surface area contributed by atoms with E-state index < -0.39 is 0 Å². The summed E-state index contributed by atoms with van der Waals surface area (Å²) in [7, 11) is 2.18. The van der Waals surface area contributed by atoms with Crippen LogP contribution in [0.1, 0.15) is 30.1 Å². The Morgan fingerprint density at radius 2 is 2.35 bits per heavy atom. The van der Waals surface area contributed by atoms with Gasteiger partial charge in [0.15, 0.2) is 0 Å². The van der Waals surface area contributed by atoms with E-state index in [0.29, 0.717) is 6.04 Å². The molecule has 94 valence electrons. The fourth-order valence-corrected chi connectivity index (χ4v) is 3.04. The van der Waals surface area contributed by atoms with Crippen molar-refractivity contribution in [3.63, 3.8) is 0 Å². The lowest BCUT2D eigenvalue weighted by Crippen LogP contribution is -2.36. The molecule has 0 aliphatic carbocycles. The van der Waals surface area contributed by atoms with Crippen molar-refractivity contribution >= 4 is 5.82 Å². The summed E-state index contributed by atoms with van der Waals surface area (Å²) in [4.78, 5) is 2.38. The molecule has 0 aromatic carbocycles. The Morgan fingerprint density at radius 1 is 1.47 bits per heavy atom. The van der Waals surface area contributed by atoms with E-state index in [2.05, 4.69) is 27.0 Å². The highest BCUT2D eigenvalue weighted by Gasteiger charge is 2.26. The molecule has 0 bridgehead atoms. The van der Waals surface area contributed by atoms with Gasteiger partial charge in [-0.3, -0.25) is 4.68 Å². The largest absolute Gasteiger partial charge is 0.382 e. The third-order valence-corrected chi connectivity index (χ3v) is 3.94. The summed E-state index contributed by atoms with van der Waals surface area (Å²) < 4.78 is 2.19. The number of likely N-dealkylation sites (N-methyl/N-ethyl adjacent to an activating group) is 1. The molecule has 0 saturated carbocycles. The number of rotatable bonds is 1. The zero-order valence-electron chi connectivity index (χ0n) is 10.4. The maximum Gasteiger partial charge on any atom is 0.149 e. The number of hydrogen-bond donors (Lipinski definition) is 2. The number of likely N-dealkylation sites (tertiary alicyclic amines) is 1. The summed E-state index contributed by atoms with van der Waals surface area (Å²) in [6, 6.07) is 0.500. The zero-order valence-corrected chi connectivity index (χ0v) is 10.4. The van der Waals surface area contributed by atoms with Gasteiger partial charge in [-0.2, -0.15) is 5.10 Å². The summed E-state index contributed by atoms with van der Waals surface area (Å²) in [5.74, 6) is 0.745. The Kier molecular flexibility index (Phi) is 2.80. The molecule has 5 nitrogen and oxygen atoms in total. The molecule has 1 unspecified atom stereocenters. The van der Waals surface area contributed by atoms with Gasteiger partial charge in [-0.05, 0) is 39.4 Å². The summed E-state index contributed by atoms with van der Waals surface area (Å²) in [6.45, 7) is 4.23. The van der Waals surface area contributed by atoms with Gasteiger partial charge in [0.05, 0.1) is 11.7 Å². The van der Waals surface area contributed by atoms with Crippen LogP contribution in [0.2, 0.25) is 0 Å². The number of aromatic nitrogens is 2. The van der Waals surface area contributed by atoms with E-state index in [9.17, 15) is 0 Å². The number of anilines is 1. The lowest BCUT2D eigenvalue weighted by atomic mass is 10.0. The molecule has 1 saturated heterocycles. The Hall–Kier alpha value is -1.07. The molecular formula is C12H21N5. The Labute approximate surface area is 102 Å². The topological polar surface area (TPSA) is 59.1 Å². The second-order valence-electron chi connectivity index (χ2n) is 5.24. The molecule has 2 aliphatic heterocycles. The van der Waals surface area contributed by atoms with Gasteiger partial charge < -0.3 is 16.0 Å². The van der Waals surface area contributed by atoms with Crippen molar-refractivity contribution in [2.75, 3.05) is 32.4 Å². The number of hydrogen-bond acceptors (Lipinski definition) is 4. The van der Waals surface area contributed by atoms with E-state index >= 15 is 0 Å². The fraction of sp³-hybridized carbons (Fsp3) is 0.750. The van der Waals surface area contributed by atoms with Gasteiger partial charge in [-0.1, -0.05) is 0 Å². The average Bonchev–Trinajstić information content (AvgIpc) is 2.68. The number of nitrogens with one attached hydrogen (secondary N) is 1. The van der Waals surface area contributed by atoms with Gasteiger partial charge in [0, 0.05) is 18.7 Å². The fourth-order valence-electron chi connectivity index (χ4n) is 3.04. The Balaban J connectivity index is 1.91. The van der Waals surface area contributed by atoms with E-state index in [-0.39, 0.29) is 0 Å². The predicted molar refractivity (Wildman–Crippen MR) is 67.8 cm³/mol. The number of nitrogen functional groups attached to an aromatic ring is 1.